The van der Waals surface area contributed by atoms with E-state index in [-0.39, 0.29) is 12.4 Å². The summed E-state index contributed by atoms with van der Waals surface area (Å²) in [5, 5.41) is 12.1. The Morgan fingerprint density at radius 3 is 2.68 bits per heavy atom. The predicted octanol–water partition coefficient (Wildman–Crippen LogP) is 2.06. The lowest BCUT2D eigenvalue weighted by molar-refractivity contribution is 0.183. The standard InChI is InChI=1S/C15H21FN2O/c1-2-15(17-8-3-9-19)18-10-13(11-18)12-4-6-14(16)7-5-12/h2,4-7,13,17,19H,3,8-11H2,1H3/b15-2+. The molecule has 0 bridgehead atoms. The maximum absolute atomic E-state index is 12.9. The van der Waals surface area contributed by atoms with E-state index in [4.69, 9.17) is 5.11 Å². The van der Waals surface area contributed by atoms with Crippen molar-refractivity contribution >= 4 is 0 Å². The van der Waals surface area contributed by atoms with Gasteiger partial charge >= 0.3 is 0 Å². The van der Waals surface area contributed by atoms with Gasteiger partial charge < -0.3 is 15.3 Å². The number of allylic oxidation sites excluding steroid dienone is 1. The molecular weight excluding hydrogens is 243 g/mol. The lowest BCUT2D eigenvalue weighted by Gasteiger charge is -2.42. The van der Waals surface area contributed by atoms with E-state index in [1.165, 1.54) is 17.7 Å². The van der Waals surface area contributed by atoms with Gasteiger partial charge in [-0.2, -0.15) is 0 Å². The summed E-state index contributed by atoms with van der Waals surface area (Å²) in [6.45, 7) is 4.91. The summed E-state index contributed by atoms with van der Waals surface area (Å²) in [6, 6.07) is 6.78. The number of hydrogen-bond acceptors (Lipinski definition) is 3. The lowest BCUT2D eigenvalue weighted by atomic mass is 9.91. The topological polar surface area (TPSA) is 35.5 Å². The molecule has 1 fully saturated rings. The molecule has 4 heteroatoms. The smallest absolute Gasteiger partial charge is 0.123 e. The van der Waals surface area contributed by atoms with E-state index in [1.54, 1.807) is 0 Å². The van der Waals surface area contributed by atoms with Crippen LogP contribution in [0.4, 0.5) is 4.39 Å². The molecule has 1 saturated heterocycles. The molecule has 2 N–H and O–H groups in total. The Morgan fingerprint density at radius 2 is 2.11 bits per heavy atom. The van der Waals surface area contributed by atoms with E-state index in [0.29, 0.717) is 5.92 Å². The highest BCUT2D eigenvalue weighted by Crippen LogP contribution is 2.29. The van der Waals surface area contributed by atoms with Crippen LogP contribution in [0.2, 0.25) is 0 Å². The highest BCUT2D eigenvalue weighted by molar-refractivity contribution is 5.25. The number of nitrogens with zero attached hydrogens (tertiary/aromatic N) is 1. The van der Waals surface area contributed by atoms with Crippen LogP contribution >= 0.6 is 0 Å². The molecule has 0 atom stereocenters. The molecule has 1 aliphatic rings. The van der Waals surface area contributed by atoms with E-state index >= 15 is 0 Å². The molecule has 3 nitrogen and oxygen atoms in total. The van der Waals surface area contributed by atoms with Gasteiger partial charge in [0.15, 0.2) is 0 Å². The van der Waals surface area contributed by atoms with Gasteiger partial charge in [0.1, 0.15) is 5.82 Å². The molecule has 0 aliphatic carbocycles. The molecule has 0 aromatic heterocycles. The number of aliphatic hydroxyl groups is 1. The number of aliphatic hydroxyl groups excluding tert-OH is 1. The van der Waals surface area contributed by atoms with Gasteiger partial charge in [0.05, 0.1) is 5.82 Å². The number of hydrogen-bond donors (Lipinski definition) is 2. The van der Waals surface area contributed by atoms with Crippen LogP contribution < -0.4 is 5.32 Å². The number of rotatable bonds is 6. The predicted molar refractivity (Wildman–Crippen MR) is 74.2 cm³/mol. The Labute approximate surface area is 113 Å². The van der Waals surface area contributed by atoms with Gasteiger partial charge in [-0.15, -0.1) is 0 Å². The van der Waals surface area contributed by atoms with Gasteiger partial charge in [0.2, 0.25) is 0 Å². The van der Waals surface area contributed by atoms with Crippen molar-refractivity contribution in [1.29, 1.82) is 0 Å². The van der Waals surface area contributed by atoms with E-state index in [2.05, 4.69) is 16.3 Å². The Morgan fingerprint density at radius 1 is 1.42 bits per heavy atom. The second-order valence-corrected chi connectivity index (χ2v) is 4.83. The minimum Gasteiger partial charge on any atom is -0.396 e. The van der Waals surface area contributed by atoms with Crippen molar-refractivity contribution in [1.82, 2.24) is 10.2 Å². The Bertz CT molecular complexity index is 424. The molecule has 104 valence electrons. The maximum Gasteiger partial charge on any atom is 0.123 e. The third kappa shape index (κ3) is 3.47. The van der Waals surface area contributed by atoms with Crippen LogP contribution in [0.3, 0.4) is 0 Å². The lowest BCUT2D eigenvalue weighted by Crippen LogP contribution is -2.47. The highest BCUT2D eigenvalue weighted by Gasteiger charge is 2.29. The van der Waals surface area contributed by atoms with Crippen molar-refractivity contribution in [3.8, 4) is 0 Å². The summed E-state index contributed by atoms with van der Waals surface area (Å²) in [5.41, 5.74) is 1.20. The monoisotopic (exact) mass is 264 g/mol. The molecule has 1 aromatic rings. The van der Waals surface area contributed by atoms with Crippen LogP contribution in [0.15, 0.2) is 36.2 Å². The summed E-state index contributed by atoms with van der Waals surface area (Å²) in [5.74, 6) is 1.42. The molecule has 0 saturated carbocycles. The van der Waals surface area contributed by atoms with E-state index < -0.39 is 0 Å². The SMILES string of the molecule is C/C=C(\NCCCO)N1CC(c2ccc(F)cc2)C1. The first-order valence-electron chi connectivity index (χ1n) is 6.76. The zero-order valence-corrected chi connectivity index (χ0v) is 11.3. The van der Waals surface area contributed by atoms with Crippen molar-refractivity contribution in [3.63, 3.8) is 0 Å². The average Bonchev–Trinajstić information content (AvgIpc) is 2.37. The fraction of sp³-hybridized carbons (Fsp3) is 0.467. The average molecular weight is 264 g/mol. The minimum absolute atomic E-state index is 0.181. The van der Waals surface area contributed by atoms with E-state index in [0.717, 1.165) is 31.9 Å². The third-order valence-corrected chi connectivity index (χ3v) is 3.48. The first kappa shape index (κ1) is 13.9. The summed E-state index contributed by atoms with van der Waals surface area (Å²) in [4.78, 5) is 2.27. The zero-order valence-electron chi connectivity index (χ0n) is 11.3. The van der Waals surface area contributed by atoms with Crippen molar-refractivity contribution in [2.75, 3.05) is 26.2 Å². The zero-order chi connectivity index (χ0) is 13.7. The van der Waals surface area contributed by atoms with Gasteiger partial charge in [0.25, 0.3) is 0 Å². The Kier molecular flexibility index (Phi) is 4.80. The molecule has 2 rings (SSSR count). The first-order valence-corrected chi connectivity index (χ1v) is 6.76. The number of benzene rings is 1. The van der Waals surface area contributed by atoms with Gasteiger partial charge in [-0.3, -0.25) is 0 Å². The van der Waals surface area contributed by atoms with Gasteiger partial charge in [0, 0.05) is 32.2 Å². The van der Waals surface area contributed by atoms with E-state index in [9.17, 15) is 4.39 Å². The molecule has 0 amide bonds. The van der Waals surface area contributed by atoms with Crippen molar-refractivity contribution in [2.45, 2.75) is 19.3 Å². The molecule has 0 radical (unpaired) electrons. The Hall–Kier alpha value is -1.55. The second kappa shape index (κ2) is 6.57. The fourth-order valence-corrected chi connectivity index (χ4v) is 2.31. The van der Waals surface area contributed by atoms with Gasteiger partial charge in [-0.1, -0.05) is 12.1 Å². The summed E-state index contributed by atoms with van der Waals surface area (Å²) < 4.78 is 12.9. The van der Waals surface area contributed by atoms with Crippen molar-refractivity contribution in [3.05, 3.63) is 47.5 Å². The molecule has 1 aliphatic heterocycles. The Balaban J connectivity index is 1.82. The second-order valence-electron chi connectivity index (χ2n) is 4.83. The van der Waals surface area contributed by atoms with Crippen LogP contribution in [-0.2, 0) is 0 Å². The highest BCUT2D eigenvalue weighted by atomic mass is 19.1. The van der Waals surface area contributed by atoms with Crippen LogP contribution in [0.5, 0.6) is 0 Å². The van der Waals surface area contributed by atoms with Gasteiger partial charge in [-0.05, 0) is 37.1 Å². The molecule has 19 heavy (non-hydrogen) atoms. The molecule has 0 spiro atoms. The van der Waals surface area contributed by atoms with Crippen LogP contribution in [0.25, 0.3) is 0 Å². The molecular formula is C15H21FN2O. The number of halogens is 1. The maximum atomic E-state index is 12.9. The van der Waals surface area contributed by atoms with Crippen molar-refractivity contribution < 1.29 is 9.50 Å². The third-order valence-electron chi connectivity index (χ3n) is 3.48. The first-order chi connectivity index (χ1) is 9.24. The van der Waals surface area contributed by atoms with Crippen LogP contribution in [0, 0.1) is 5.82 Å². The molecule has 1 heterocycles. The summed E-state index contributed by atoms with van der Waals surface area (Å²) >= 11 is 0. The number of likely N-dealkylation sites (tertiary alicyclic amines) is 1. The largest absolute Gasteiger partial charge is 0.396 e. The van der Waals surface area contributed by atoms with Crippen LogP contribution in [0.1, 0.15) is 24.8 Å². The van der Waals surface area contributed by atoms with Crippen LogP contribution in [-0.4, -0.2) is 36.2 Å². The van der Waals surface area contributed by atoms with Gasteiger partial charge in [-0.25, -0.2) is 4.39 Å². The number of nitrogens with one attached hydrogen (secondary N) is 1. The quantitative estimate of drug-likeness (QED) is 0.772. The van der Waals surface area contributed by atoms with Crippen molar-refractivity contribution in [2.24, 2.45) is 0 Å². The summed E-state index contributed by atoms with van der Waals surface area (Å²) in [6.07, 6.45) is 2.81. The molecule has 0 unspecified atom stereocenters. The van der Waals surface area contributed by atoms with E-state index in [1.807, 2.05) is 19.1 Å². The normalized spacial score (nSPS) is 16.4. The molecule has 1 aromatic carbocycles. The minimum atomic E-state index is -0.181. The fourth-order valence-electron chi connectivity index (χ4n) is 2.31. The summed E-state index contributed by atoms with van der Waals surface area (Å²) in [7, 11) is 0.